The van der Waals surface area contributed by atoms with E-state index < -0.39 is 11.9 Å². The molecule has 0 saturated heterocycles. The molecule has 2 heterocycles. The van der Waals surface area contributed by atoms with Crippen LogP contribution in [0.25, 0.3) is 11.1 Å². The number of H-pyrrole nitrogens is 1. The Balaban J connectivity index is 2.77. The van der Waals surface area contributed by atoms with E-state index in [1.807, 2.05) is 13.0 Å². The lowest BCUT2D eigenvalue weighted by atomic mass is 10.0. The van der Waals surface area contributed by atoms with Gasteiger partial charge in [0.15, 0.2) is 0 Å². The van der Waals surface area contributed by atoms with Crippen LogP contribution in [0.2, 0.25) is 0 Å². The Hall–Kier alpha value is -2.14. The first kappa shape index (κ1) is 15.3. The Morgan fingerprint density at radius 3 is 2.57 bits per heavy atom. The summed E-state index contributed by atoms with van der Waals surface area (Å²) in [6.07, 6.45) is -2.95. The Morgan fingerprint density at radius 2 is 2.10 bits per heavy atom. The monoisotopic (exact) mass is 312 g/mol. The number of nitrogens with one attached hydrogen (secondary N) is 1. The molecule has 0 aliphatic carbocycles. The van der Waals surface area contributed by atoms with Gasteiger partial charge in [0.1, 0.15) is 16.4 Å². The van der Waals surface area contributed by atoms with Crippen LogP contribution in [0.1, 0.15) is 23.9 Å². The van der Waals surface area contributed by atoms with Crippen LogP contribution in [0, 0.1) is 22.9 Å². The summed E-state index contributed by atoms with van der Waals surface area (Å²) in [6, 6.07) is 2.76. The van der Waals surface area contributed by atoms with Gasteiger partial charge in [-0.2, -0.15) is 23.5 Å². The third-order valence-electron chi connectivity index (χ3n) is 3.01. The SMILES string of the molecule is CCn1cc(-c2cc(C(F)(F)F)[nH]c(=S)c2C#N)c(C)n1. The van der Waals surface area contributed by atoms with Gasteiger partial charge in [-0.1, -0.05) is 12.2 Å². The van der Waals surface area contributed by atoms with Crippen molar-refractivity contribution in [2.24, 2.45) is 0 Å². The van der Waals surface area contributed by atoms with Crippen molar-refractivity contribution in [2.75, 3.05) is 0 Å². The number of pyridine rings is 1. The van der Waals surface area contributed by atoms with Crippen molar-refractivity contribution in [3.8, 4) is 17.2 Å². The van der Waals surface area contributed by atoms with Gasteiger partial charge in [-0.3, -0.25) is 4.68 Å². The standard InChI is InChI=1S/C13H11F3N4S/c1-3-20-6-10(7(2)19-20)8-4-11(13(14,15)16)18-12(21)9(8)5-17/h4,6H,3H2,1-2H3,(H,18,21). The highest BCUT2D eigenvalue weighted by molar-refractivity contribution is 7.71. The summed E-state index contributed by atoms with van der Waals surface area (Å²) in [6.45, 7) is 4.12. The largest absolute Gasteiger partial charge is 0.431 e. The lowest BCUT2D eigenvalue weighted by Crippen LogP contribution is -2.09. The molecule has 0 fully saturated rings. The third-order valence-corrected chi connectivity index (χ3v) is 3.32. The topological polar surface area (TPSA) is 57.4 Å². The van der Waals surface area contributed by atoms with Gasteiger partial charge < -0.3 is 4.98 Å². The maximum absolute atomic E-state index is 12.9. The zero-order valence-corrected chi connectivity index (χ0v) is 12.1. The zero-order chi connectivity index (χ0) is 15.8. The van der Waals surface area contributed by atoms with Crippen molar-refractivity contribution in [2.45, 2.75) is 26.6 Å². The van der Waals surface area contributed by atoms with E-state index in [1.165, 1.54) is 0 Å². The number of hydrogen-bond acceptors (Lipinski definition) is 3. The highest BCUT2D eigenvalue weighted by Crippen LogP contribution is 2.33. The third kappa shape index (κ3) is 2.83. The lowest BCUT2D eigenvalue weighted by molar-refractivity contribution is -0.141. The number of aromatic amines is 1. The van der Waals surface area contributed by atoms with Gasteiger partial charge in [-0.25, -0.2) is 0 Å². The number of aromatic nitrogens is 3. The van der Waals surface area contributed by atoms with Gasteiger partial charge in [-0.15, -0.1) is 0 Å². The summed E-state index contributed by atoms with van der Waals surface area (Å²) in [5.41, 5.74) is 0.189. The highest BCUT2D eigenvalue weighted by Gasteiger charge is 2.33. The van der Waals surface area contributed by atoms with Gasteiger partial charge >= 0.3 is 6.18 Å². The Kier molecular flexibility index (Phi) is 3.87. The molecular weight excluding hydrogens is 301 g/mol. The maximum Gasteiger partial charge on any atom is 0.431 e. The van der Waals surface area contributed by atoms with Gasteiger partial charge in [-0.05, 0) is 19.9 Å². The van der Waals surface area contributed by atoms with Crippen LogP contribution in [0.3, 0.4) is 0 Å². The molecule has 0 bridgehead atoms. The first-order valence-corrected chi connectivity index (χ1v) is 6.47. The lowest BCUT2D eigenvalue weighted by Gasteiger charge is -2.10. The molecule has 0 saturated carbocycles. The van der Waals surface area contributed by atoms with E-state index in [9.17, 15) is 13.2 Å². The maximum atomic E-state index is 12.9. The van der Waals surface area contributed by atoms with E-state index in [0.29, 0.717) is 17.8 Å². The van der Waals surface area contributed by atoms with E-state index in [0.717, 1.165) is 6.07 Å². The first-order chi connectivity index (χ1) is 9.77. The Labute approximate surface area is 123 Å². The zero-order valence-electron chi connectivity index (χ0n) is 11.2. The molecule has 0 aliphatic heterocycles. The predicted octanol–water partition coefficient (Wildman–Crippen LogP) is 3.83. The van der Waals surface area contributed by atoms with Gasteiger partial charge in [0.05, 0.1) is 11.3 Å². The second-order valence-electron chi connectivity index (χ2n) is 4.39. The van der Waals surface area contributed by atoms with E-state index in [1.54, 1.807) is 17.8 Å². The first-order valence-electron chi connectivity index (χ1n) is 6.07. The minimum atomic E-state index is -4.56. The summed E-state index contributed by atoms with van der Waals surface area (Å²) in [5.74, 6) is 0. The summed E-state index contributed by atoms with van der Waals surface area (Å²) in [5, 5.41) is 13.3. The van der Waals surface area contributed by atoms with Crippen LogP contribution >= 0.6 is 12.2 Å². The smallest absolute Gasteiger partial charge is 0.341 e. The molecule has 2 aromatic heterocycles. The molecule has 2 rings (SSSR count). The minimum Gasteiger partial charge on any atom is -0.341 e. The molecule has 8 heteroatoms. The van der Waals surface area contributed by atoms with Gasteiger partial charge in [0.25, 0.3) is 0 Å². The summed E-state index contributed by atoms with van der Waals surface area (Å²) >= 11 is 4.87. The molecule has 2 aromatic rings. The molecule has 4 nitrogen and oxygen atoms in total. The van der Waals surface area contributed by atoms with E-state index in [4.69, 9.17) is 17.5 Å². The van der Waals surface area contributed by atoms with Crippen molar-refractivity contribution in [1.29, 1.82) is 5.26 Å². The number of alkyl halides is 3. The molecular formula is C13H11F3N4S. The van der Waals surface area contributed by atoms with E-state index >= 15 is 0 Å². The van der Waals surface area contributed by atoms with E-state index in [2.05, 4.69) is 10.1 Å². The Morgan fingerprint density at radius 1 is 1.43 bits per heavy atom. The average molecular weight is 312 g/mol. The average Bonchev–Trinajstić information content (AvgIpc) is 2.78. The number of hydrogen-bond donors (Lipinski definition) is 1. The van der Waals surface area contributed by atoms with Crippen LogP contribution in [-0.2, 0) is 12.7 Å². The summed E-state index contributed by atoms with van der Waals surface area (Å²) < 4.78 is 40.0. The second kappa shape index (κ2) is 5.33. The van der Waals surface area contributed by atoms with Gasteiger partial charge in [0.2, 0.25) is 0 Å². The van der Waals surface area contributed by atoms with Crippen molar-refractivity contribution in [1.82, 2.24) is 14.8 Å². The number of nitriles is 1. The Bertz CT molecular complexity index is 780. The number of aryl methyl sites for hydroxylation is 2. The number of halogens is 3. The number of rotatable bonds is 2. The van der Waals surface area contributed by atoms with Crippen LogP contribution < -0.4 is 0 Å². The molecule has 1 N–H and O–H groups in total. The van der Waals surface area contributed by atoms with Crippen molar-refractivity contribution in [3.63, 3.8) is 0 Å². The van der Waals surface area contributed by atoms with Crippen LogP contribution in [-0.4, -0.2) is 14.8 Å². The molecule has 0 unspecified atom stereocenters. The molecule has 0 amide bonds. The molecule has 110 valence electrons. The highest BCUT2D eigenvalue weighted by atomic mass is 32.1. The molecule has 0 spiro atoms. The molecule has 21 heavy (non-hydrogen) atoms. The van der Waals surface area contributed by atoms with Crippen LogP contribution in [0.15, 0.2) is 12.3 Å². The van der Waals surface area contributed by atoms with Crippen molar-refractivity contribution >= 4 is 12.2 Å². The molecule has 0 aliphatic rings. The van der Waals surface area contributed by atoms with Gasteiger partial charge in [0, 0.05) is 23.9 Å². The fourth-order valence-electron chi connectivity index (χ4n) is 1.98. The molecule has 0 aromatic carbocycles. The summed E-state index contributed by atoms with van der Waals surface area (Å²) in [4.78, 5) is 2.06. The predicted molar refractivity (Wildman–Crippen MR) is 73.0 cm³/mol. The minimum absolute atomic E-state index is 0.0109. The second-order valence-corrected chi connectivity index (χ2v) is 4.80. The van der Waals surface area contributed by atoms with Crippen LogP contribution in [0.4, 0.5) is 13.2 Å². The van der Waals surface area contributed by atoms with Crippen molar-refractivity contribution in [3.05, 3.63) is 33.9 Å². The fraction of sp³-hybridized carbons (Fsp3) is 0.308. The number of nitrogens with zero attached hydrogens (tertiary/aromatic N) is 3. The quantitative estimate of drug-likeness (QED) is 0.858. The molecule has 0 radical (unpaired) electrons. The van der Waals surface area contributed by atoms with Crippen LogP contribution in [0.5, 0.6) is 0 Å². The summed E-state index contributed by atoms with van der Waals surface area (Å²) in [7, 11) is 0. The molecule has 0 atom stereocenters. The van der Waals surface area contributed by atoms with Crippen molar-refractivity contribution < 1.29 is 13.2 Å². The normalized spacial score (nSPS) is 11.4. The van der Waals surface area contributed by atoms with E-state index in [-0.39, 0.29) is 15.8 Å². The fourth-order valence-corrected chi connectivity index (χ4v) is 2.25.